The third-order valence-corrected chi connectivity index (χ3v) is 5.85. The number of nitrogens with one attached hydrogen (secondary N) is 2. The van der Waals surface area contributed by atoms with E-state index in [1.807, 2.05) is 30.3 Å². The molecule has 1 atom stereocenters. The summed E-state index contributed by atoms with van der Waals surface area (Å²) in [6.45, 7) is 1.81. The molecule has 0 aromatic heterocycles. The van der Waals surface area contributed by atoms with E-state index in [2.05, 4.69) is 26.6 Å². The number of hydrogen-bond donors (Lipinski definition) is 2. The predicted octanol–water partition coefficient (Wildman–Crippen LogP) is 5.73. The van der Waals surface area contributed by atoms with Gasteiger partial charge in [0.15, 0.2) is 0 Å². The molecular weight excluding hydrogens is 482 g/mol. The predicted molar refractivity (Wildman–Crippen MR) is 126 cm³/mol. The number of anilines is 2. The molecule has 3 aromatic rings. The van der Waals surface area contributed by atoms with E-state index in [-0.39, 0.29) is 22.8 Å². The first-order valence-electron chi connectivity index (χ1n) is 9.21. The van der Waals surface area contributed by atoms with Crippen LogP contribution in [0.3, 0.4) is 0 Å². The lowest BCUT2D eigenvalue weighted by molar-refractivity contribution is -0.384. The van der Waals surface area contributed by atoms with Crippen LogP contribution in [0.1, 0.15) is 17.3 Å². The van der Waals surface area contributed by atoms with Crippen LogP contribution in [-0.4, -0.2) is 22.0 Å². The summed E-state index contributed by atoms with van der Waals surface area (Å²) in [5.74, 6) is -0.509. The van der Waals surface area contributed by atoms with Crippen LogP contribution in [0, 0.1) is 10.1 Å². The Hall–Kier alpha value is -3.17. The maximum Gasteiger partial charge on any atom is 0.269 e. The van der Waals surface area contributed by atoms with Gasteiger partial charge in [-0.25, -0.2) is 0 Å². The van der Waals surface area contributed by atoms with Crippen LogP contribution in [-0.2, 0) is 4.79 Å². The van der Waals surface area contributed by atoms with Crippen molar-refractivity contribution in [2.24, 2.45) is 0 Å². The maximum absolute atomic E-state index is 12.5. The molecule has 0 aliphatic heterocycles. The van der Waals surface area contributed by atoms with Gasteiger partial charge in [-0.15, -0.1) is 11.8 Å². The molecule has 9 heteroatoms. The highest BCUT2D eigenvalue weighted by Gasteiger charge is 2.15. The molecule has 1 unspecified atom stereocenters. The van der Waals surface area contributed by atoms with Gasteiger partial charge in [0.05, 0.1) is 10.2 Å². The van der Waals surface area contributed by atoms with Crippen LogP contribution in [0.15, 0.2) is 82.2 Å². The van der Waals surface area contributed by atoms with Gasteiger partial charge in [0, 0.05) is 38.4 Å². The Kier molecular flexibility index (Phi) is 7.43. The Morgan fingerprint density at radius 2 is 1.65 bits per heavy atom. The van der Waals surface area contributed by atoms with Crippen LogP contribution in [0.4, 0.5) is 17.1 Å². The molecule has 0 aliphatic carbocycles. The molecule has 0 radical (unpaired) electrons. The third kappa shape index (κ3) is 6.40. The standard InChI is InChI=1S/C22H18BrN3O4S/c1-14(21(27)24-17-9-7-16(23)8-10-17)31-20-4-2-3-18(13-20)25-22(28)15-5-11-19(12-6-15)26(29)30/h2-14H,1H3,(H,24,27)(H,25,28). The number of benzene rings is 3. The molecule has 2 amide bonds. The number of amides is 2. The molecule has 0 aliphatic rings. The molecule has 0 saturated carbocycles. The second kappa shape index (κ2) is 10.2. The van der Waals surface area contributed by atoms with Gasteiger partial charge in [-0.3, -0.25) is 19.7 Å². The second-order valence-corrected chi connectivity index (χ2v) is 8.87. The minimum Gasteiger partial charge on any atom is -0.325 e. The number of hydrogen-bond acceptors (Lipinski definition) is 5. The van der Waals surface area contributed by atoms with Crippen LogP contribution < -0.4 is 10.6 Å². The van der Waals surface area contributed by atoms with E-state index in [1.54, 1.807) is 25.1 Å². The molecule has 2 N–H and O–H groups in total. The number of nitro benzene ring substituents is 1. The smallest absolute Gasteiger partial charge is 0.269 e. The number of rotatable bonds is 7. The summed E-state index contributed by atoms with van der Waals surface area (Å²) in [5.41, 5.74) is 1.51. The summed E-state index contributed by atoms with van der Waals surface area (Å²) in [4.78, 5) is 35.9. The lowest BCUT2D eigenvalue weighted by Crippen LogP contribution is -2.22. The highest BCUT2D eigenvalue weighted by Crippen LogP contribution is 2.27. The van der Waals surface area contributed by atoms with E-state index >= 15 is 0 Å². The topological polar surface area (TPSA) is 101 Å². The normalized spacial score (nSPS) is 11.4. The Bertz CT molecular complexity index is 1100. The van der Waals surface area contributed by atoms with Crippen molar-refractivity contribution in [3.05, 3.63) is 92.9 Å². The Balaban J connectivity index is 1.61. The van der Waals surface area contributed by atoms with Crippen molar-refractivity contribution >= 4 is 56.6 Å². The third-order valence-electron chi connectivity index (χ3n) is 4.23. The van der Waals surface area contributed by atoms with Gasteiger partial charge in [0.1, 0.15) is 0 Å². The first-order chi connectivity index (χ1) is 14.8. The lowest BCUT2D eigenvalue weighted by atomic mass is 10.2. The van der Waals surface area contributed by atoms with Crippen molar-refractivity contribution in [3.63, 3.8) is 0 Å². The highest BCUT2D eigenvalue weighted by atomic mass is 79.9. The maximum atomic E-state index is 12.5. The SMILES string of the molecule is CC(Sc1cccc(NC(=O)c2ccc([N+](=O)[O-])cc2)c1)C(=O)Nc1ccc(Br)cc1. The zero-order valence-corrected chi connectivity index (χ0v) is 18.8. The summed E-state index contributed by atoms with van der Waals surface area (Å²) >= 11 is 4.73. The van der Waals surface area contributed by atoms with E-state index < -0.39 is 4.92 Å². The molecule has 0 heterocycles. The summed E-state index contributed by atoms with van der Waals surface area (Å²) in [5, 5.41) is 16.0. The van der Waals surface area contributed by atoms with Gasteiger partial charge in [-0.2, -0.15) is 0 Å². The minimum absolute atomic E-state index is 0.0784. The highest BCUT2D eigenvalue weighted by molar-refractivity contribution is 9.10. The lowest BCUT2D eigenvalue weighted by Gasteiger charge is -2.13. The molecule has 158 valence electrons. The molecule has 0 bridgehead atoms. The van der Waals surface area contributed by atoms with Crippen LogP contribution in [0.5, 0.6) is 0 Å². The van der Waals surface area contributed by atoms with Crippen molar-refractivity contribution in [1.82, 2.24) is 0 Å². The number of thioether (sulfide) groups is 1. The summed E-state index contributed by atoms with van der Waals surface area (Å²) < 4.78 is 0.931. The van der Waals surface area contributed by atoms with E-state index in [0.29, 0.717) is 16.9 Å². The van der Waals surface area contributed by atoms with Gasteiger partial charge in [-0.1, -0.05) is 22.0 Å². The van der Waals surface area contributed by atoms with Crippen molar-refractivity contribution < 1.29 is 14.5 Å². The summed E-state index contributed by atoms with van der Waals surface area (Å²) in [6.07, 6.45) is 0. The number of non-ortho nitro benzene ring substituents is 1. The molecule has 0 spiro atoms. The Labute approximate surface area is 191 Å². The summed E-state index contributed by atoms with van der Waals surface area (Å²) in [7, 11) is 0. The van der Waals surface area contributed by atoms with E-state index in [9.17, 15) is 19.7 Å². The molecule has 0 fully saturated rings. The van der Waals surface area contributed by atoms with Crippen molar-refractivity contribution in [3.8, 4) is 0 Å². The van der Waals surface area contributed by atoms with Gasteiger partial charge >= 0.3 is 0 Å². The second-order valence-electron chi connectivity index (χ2n) is 6.54. The van der Waals surface area contributed by atoms with E-state index in [1.165, 1.54) is 36.0 Å². The van der Waals surface area contributed by atoms with Gasteiger partial charge in [0.25, 0.3) is 11.6 Å². The number of halogens is 1. The monoisotopic (exact) mass is 499 g/mol. The van der Waals surface area contributed by atoms with Crippen molar-refractivity contribution in [1.29, 1.82) is 0 Å². The fourth-order valence-corrected chi connectivity index (χ4v) is 3.81. The van der Waals surface area contributed by atoms with Gasteiger partial charge in [-0.05, 0) is 61.5 Å². The van der Waals surface area contributed by atoms with Gasteiger partial charge < -0.3 is 10.6 Å². The van der Waals surface area contributed by atoms with Crippen LogP contribution in [0.2, 0.25) is 0 Å². The van der Waals surface area contributed by atoms with E-state index in [0.717, 1.165) is 9.37 Å². The first kappa shape index (κ1) is 22.5. The van der Waals surface area contributed by atoms with E-state index in [4.69, 9.17) is 0 Å². The average Bonchev–Trinajstić information content (AvgIpc) is 2.75. The van der Waals surface area contributed by atoms with Crippen LogP contribution in [0.25, 0.3) is 0 Å². The Morgan fingerprint density at radius 1 is 0.968 bits per heavy atom. The quantitative estimate of drug-likeness (QED) is 0.245. The summed E-state index contributed by atoms with van der Waals surface area (Å²) in [6, 6.07) is 19.9. The largest absolute Gasteiger partial charge is 0.325 e. The number of carbonyl (C=O) groups excluding carboxylic acids is 2. The van der Waals surface area contributed by atoms with Crippen molar-refractivity contribution in [2.75, 3.05) is 10.6 Å². The average molecular weight is 500 g/mol. The molecular formula is C22H18BrN3O4S. The zero-order valence-electron chi connectivity index (χ0n) is 16.4. The molecule has 0 saturated heterocycles. The zero-order chi connectivity index (χ0) is 22.4. The molecule has 31 heavy (non-hydrogen) atoms. The number of carbonyl (C=O) groups is 2. The molecule has 3 rings (SSSR count). The minimum atomic E-state index is -0.517. The molecule has 7 nitrogen and oxygen atoms in total. The van der Waals surface area contributed by atoms with Gasteiger partial charge in [0.2, 0.25) is 5.91 Å². The number of nitro groups is 1. The number of nitrogens with zero attached hydrogens (tertiary/aromatic N) is 1. The van der Waals surface area contributed by atoms with Crippen molar-refractivity contribution in [2.45, 2.75) is 17.1 Å². The fraction of sp³-hybridized carbons (Fsp3) is 0.0909. The first-order valence-corrected chi connectivity index (χ1v) is 10.9. The fourth-order valence-electron chi connectivity index (χ4n) is 2.62. The molecule has 3 aromatic carbocycles. The van der Waals surface area contributed by atoms with Crippen LogP contribution >= 0.6 is 27.7 Å². The Morgan fingerprint density at radius 3 is 2.29 bits per heavy atom.